The molecule has 2 fully saturated rings. The number of fused-ring (bicyclic) bond motifs is 2. The zero-order valence-electron chi connectivity index (χ0n) is 24.3. The first kappa shape index (κ1) is 27.4. The fraction of sp³-hybridized carbons (Fsp3) is 0.355. The number of nitrogens with one attached hydrogen (secondary N) is 2. The van der Waals surface area contributed by atoms with Crippen LogP contribution < -0.4 is 15.5 Å². The lowest BCUT2D eigenvalue weighted by Gasteiger charge is -2.42. The molecule has 1 amide bonds. The fourth-order valence-corrected chi connectivity index (χ4v) is 5.49. The number of pyridine rings is 1. The van der Waals surface area contributed by atoms with E-state index in [2.05, 4.69) is 52.6 Å². The van der Waals surface area contributed by atoms with E-state index in [4.69, 9.17) is 4.74 Å². The number of aryl methyl sites for hydroxylation is 1. The van der Waals surface area contributed by atoms with Gasteiger partial charge in [0.1, 0.15) is 22.9 Å². The van der Waals surface area contributed by atoms with Crippen molar-refractivity contribution >= 4 is 35.1 Å². The maximum atomic E-state index is 12.7. The van der Waals surface area contributed by atoms with Gasteiger partial charge < -0.3 is 25.2 Å². The van der Waals surface area contributed by atoms with Gasteiger partial charge in [-0.25, -0.2) is 24.7 Å². The van der Waals surface area contributed by atoms with Crippen molar-refractivity contribution in [2.24, 2.45) is 0 Å². The highest BCUT2D eigenvalue weighted by Crippen LogP contribution is 2.36. The van der Waals surface area contributed by atoms with E-state index < -0.39 is 5.60 Å². The minimum Gasteiger partial charge on any atom is -0.444 e. The number of rotatable bonds is 6. The molecule has 0 spiro atoms. The van der Waals surface area contributed by atoms with Crippen molar-refractivity contribution in [3.05, 3.63) is 72.7 Å². The van der Waals surface area contributed by atoms with Gasteiger partial charge in [-0.05, 0) is 89.1 Å². The molecule has 42 heavy (non-hydrogen) atoms. The van der Waals surface area contributed by atoms with Crippen molar-refractivity contribution in [2.75, 3.05) is 28.6 Å². The maximum absolute atomic E-state index is 12.7. The summed E-state index contributed by atoms with van der Waals surface area (Å²) in [5.41, 5.74) is 3.15. The summed E-state index contributed by atoms with van der Waals surface area (Å²) in [6, 6.07) is 18.2. The first-order valence-corrected chi connectivity index (χ1v) is 14.2. The summed E-state index contributed by atoms with van der Waals surface area (Å²) in [7, 11) is 0. The average molecular weight is 566 g/mol. The SMILES string of the molecule is Cc1cccc(-c2nccc(Nc3ccnc(Nc4ccc(N5C6CCC5CN(C(=O)OC(C)(C)C)C6)cc4)n3)n2)n1. The molecular weight excluding hydrogens is 530 g/mol. The first-order valence-electron chi connectivity index (χ1n) is 14.2. The van der Waals surface area contributed by atoms with Crippen LogP contribution in [0.15, 0.2) is 67.0 Å². The zero-order valence-corrected chi connectivity index (χ0v) is 24.3. The van der Waals surface area contributed by atoms with Gasteiger partial charge in [0.25, 0.3) is 0 Å². The third-order valence-electron chi connectivity index (χ3n) is 7.24. The molecule has 2 saturated heterocycles. The summed E-state index contributed by atoms with van der Waals surface area (Å²) in [4.78, 5) is 39.4. The lowest BCUT2D eigenvalue weighted by Crippen LogP contribution is -2.56. The number of nitrogens with zero attached hydrogens (tertiary/aromatic N) is 7. The molecule has 0 radical (unpaired) electrons. The Morgan fingerprint density at radius 2 is 1.55 bits per heavy atom. The van der Waals surface area contributed by atoms with Crippen LogP contribution >= 0.6 is 0 Å². The molecule has 2 aliphatic heterocycles. The lowest BCUT2D eigenvalue weighted by atomic mass is 10.1. The van der Waals surface area contributed by atoms with Crippen LogP contribution in [-0.2, 0) is 4.74 Å². The van der Waals surface area contributed by atoms with Gasteiger partial charge in [0.05, 0.1) is 0 Å². The largest absolute Gasteiger partial charge is 0.444 e. The van der Waals surface area contributed by atoms with E-state index in [0.717, 1.165) is 29.9 Å². The second kappa shape index (κ2) is 11.2. The van der Waals surface area contributed by atoms with E-state index in [-0.39, 0.29) is 18.2 Å². The van der Waals surface area contributed by atoms with Gasteiger partial charge in [-0.2, -0.15) is 4.98 Å². The van der Waals surface area contributed by atoms with Crippen molar-refractivity contribution in [1.29, 1.82) is 0 Å². The Labute approximate surface area is 245 Å². The van der Waals surface area contributed by atoms with Gasteiger partial charge in [0.2, 0.25) is 5.95 Å². The molecule has 11 nitrogen and oxygen atoms in total. The van der Waals surface area contributed by atoms with Gasteiger partial charge in [-0.15, -0.1) is 0 Å². The van der Waals surface area contributed by atoms with E-state index in [1.54, 1.807) is 24.5 Å². The predicted molar refractivity (Wildman–Crippen MR) is 162 cm³/mol. The minimum absolute atomic E-state index is 0.223. The molecule has 2 bridgehead atoms. The van der Waals surface area contributed by atoms with Gasteiger partial charge in [0.15, 0.2) is 5.82 Å². The molecule has 3 aromatic heterocycles. The fourth-order valence-electron chi connectivity index (χ4n) is 5.49. The molecule has 1 aromatic carbocycles. The molecule has 5 heterocycles. The number of ether oxygens (including phenoxy) is 1. The molecule has 2 unspecified atom stereocenters. The zero-order chi connectivity index (χ0) is 29.3. The number of benzene rings is 1. The number of hydrogen-bond donors (Lipinski definition) is 2. The van der Waals surface area contributed by atoms with Crippen LogP contribution in [0.4, 0.5) is 33.8 Å². The van der Waals surface area contributed by atoms with Gasteiger partial charge in [-0.3, -0.25) is 0 Å². The molecule has 2 N–H and O–H groups in total. The van der Waals surface area contributed by atoms with E-state index in [9.17, 15) is 4.79 Å². The Kier molecular flexibility index (Phi) is 7.32. The normalized spacial score (nSPS) is 18.1. The summed E-state index contributed by atoms with van der Waals surface area (Å²) >= 11 is 0. The number of hydrogen-bond acceptors (Lipinski definition) is 10. The summed E-state index contributed by atoms with van der Waals surface area (Å²) < 4.78 is 5.62. The Morgan fingerprint density at radius 3 is 2.24 bits per heavy atom. The number of likely N-dealkylation sites (tertiary alicyclic amines) is 1. The van der Waals surface area contributed by atoms with Crippen molar-refractivity contribution in [3.8, 4) is 11.5 Å². The van der Waals surface area contributed by atoms with Crippen LogP contribution in [-0.4, -0.2) is 66.7 Å². The number of aromatic nitrogens is 5. The topological polar surface area (TPSA) is 121 Å². The van der Waals surface area contributed by atoms with Crippen LogP contribution in [0.25, 0.3) is 11.5 Å². The standard InChI is InChI=1S/C31H35N9O2/c1-20-6-5-7-25(34-20)28-32-16-14-26(37-28)36-27-15-17-33-29(38-27)35-21-8-10-22(11-9-21)40-23-12-13-24(40)19-39(18-23)30(41)42-31(2,3)4/h5-11,14-17,23-24H,12-13,18-19H2,1-4H3,(H2,32,33,35,36,37,38). The number of amides is 1. The molecular formula is C31H35N9O2. The number of piperazine rings is 1. The molecule has 11 heteroatoms. The molecule has 0 saturated carbocycles. The summed E-state index contributed by atoms with van der Waals surface area (Å²) in [5, 5.41) is 6.53. The van der Waals surface area contributed by atoms with Crippen molar-refractivity contribution < 1.29 is 9.53 Å². The van der Waals surface area contributed by atoms with Gasteiger partial charge in [0, 0.05) is 54.6 Å². The third kappa shape index (κ3) is 6.24. The lowest BCUT2D eigenvalue weighted by molar-refractivity contribution is 0.0209. The molecule has 2 atom stereocenters. The van der Waals surface area contributed by atoms with E-state index in [1.807, 2.05) is 62.9 Å². The van der Waals surface area contributed by atoms with E-state index in [1.165, 1.54) is 0 Å². The number of carbonyl (C=O) groups is 1. The highest BCUT2D eigenvalue weighted by atomic mass is 16.6. The van der Waals surface area contributed by atoms with Gasteiger partial charge in [-0.1, -0.05) is 6.07 Å². The number of anilines is 5. The van der Waals surface area contributed by atoms with E-state index >= 15 is 0 Å². The number of carbonyl (C=O) groups excluding carboxylic acids is 1. The summed E-state index contributed by atoms with van der Waals surface area (Å²) in [6.45, 7) is 9.00. The molecule has 6 rings (SSSR count). The maximum Gasteiger partial charge on any atom is 0.410 e. The smallest absolute Gasteiger partial charge is 0.410 e. The van der Waals surface area contributed by atoms with Crippen LogP contribution in [0, 0.1) is 6.92 Å². The molecule has 216 valence electrons. The van der Waals surface area contributed by atoms with Gasteiger partial charge >= 0.3 is 6.09 Å². The third-order valence-corrected chi connectivity index (χ3v) is 7.24. The Hall–Kier alpha value is -4.80. The van der Waals surface area contributed by atoms with Crippen LogP contribution in [0.2, 0.25) is 0 Å². The highest BCUT2D eigenvalue weighted by Gasteiger charge is 2.42. The van der Waals surface area contributed by atoms with Crippen molar-refractivity contribution in [2.45, 2.75) is 58.2 Å². The Morgan fingerprint density at radius 1 is 0.857 bits per heavy atom. The van der Waals surface area contributed by atoms with Crippen LogP contribution in [0.1, 0.15) is 39.3 Å². The molecule has 0 aliphatic carbocycles. The van der Waals surface area contributed by atoms with Crippen LogP contribution in [0.5, 0.6) is 0 Å². The molecule has 4 aromatic rings. The van der Waals surface area contributed by atoms with E-state index in [0.29, 0.717) is 42.2 Å². The first-order chi connectivity index (χ1) is 20.2. The quantitative estimate of drug-likeness (QED) is 0.301. The van der Waals surface area contributed by atoms with Crippen molar-refractivity contribution in [3.63, 3.8) is 0 Å². The van der Waals surface area contributed by atoms with Crippen molar-refractivity contribution in [1.82, 2.24) is 29.8 Å². The highest BCUT2D eigenvalue weighted by molar-refractivity contribution is 5.70. The minimum atomic E-state index is -0.492. The Balaban J connectivity index is 1.10. The molecule has 2 aliphatic rings. The van der Waals surface area contributed by atoms with Crippen LogP contribution in [0.3, 0.4) is 0 Å². The Bertz CT molecular complexity index is 1560. The summed E-state index contributed by atoms with van der Waals surface area (Å²) in [6.07, 6.45) is 5.29. The monoisotopic (exact) mass is 565 g/mol. The second-order valence-corrected chi connectivity index (χ2v) is 11.7. The second-order valence-electron chi connectivity index (χ2n) is 11.7. The predicted octanol–water partition coefficient (Wildman–Crippen LogP) is 5.71. The average Bonchev–Trinajstić information content (AvgIpc) is 3.21. The summed E-state index contributed by atoms with van der Waals surface area (Å²) in [5.74, 6) is 2.22.